The lowest BCUT2D eigenvalue weighted by atomic mass is 9.67. The number of hydrogen-bond acceptors (Lipinski definition) is 2. The summed E-state index contributed by atoms with van der Waals surface area (Å²) in [4.78, 5) is 0. The van der Waals surface area contributed by atoms with Gasteiger partial charge in [-0.3, -0.25) is 0 Å². The average molecular weight is 202 g/mol. The third kappa shape index (κ3) is 1.89. The van der Waals surface area contributed by atoms with Crippen LogP contribution in [0.15, 0.2) is 0 Å². The first-order valence-corrected chi connectivity index (χ1v) is 6.39. The molecule has 0 bridgehead atoms. The molecule has 1 saturated heterocycles. The Kier molecular flexibility index (Phi) is 3.34. The first-order chi connectivity index (χ1) is 5.94. The second-order valence-corrected chi connectivity index (χ2v) is 6.03. The van der Waals surface area contributed by atoms with E-state index in [1.807, 2.05) is 11.8 Å². The lowest BCUT2D eigenvalue weighted by Crippen LogP contribution is -2.54. The van der Waals surface area contributed by atoms with Crippen LogP contribution >= 0.6 is 11.8 Å². The molecule has 0 aromatic heterocycles. The Morgan fingerprint density at radius 3 is 2.54 bits per heavy atom. The highest BCUT2D eigenvalue weighted by atomic mass is 32.2. The molecule has 0 radical (unpaired) electrons. The zero-order chi connectivity index (χ0) is 10.1. The molecule has 0 spiro atoms. The van der Waals surface area contributed by atoms with E-state index < -0.39 is 5.60 Å². The minimum absolute atomic E-state index is 0.0909. The summed E-state index contributed by atoms with van der Waals surface area (Å²) >= 11 is 1.90. The Morgan fingerprint density at radius 2 is 2.08 bits per heavy atom. The summed E-state index contributed by atoms with van der Waals surface area (Å²) in [6, 6.07) is 0. The molecule has 13 heavy (non-hydrogen) atoms. The molecule has 1 nitrogen and oxygen atoms in total. The van der Waals surface area contributed by atoms with Gasteiger partial charge in [-0.25, -0.2) is 0 Å². The second-order valence-electron chi connectivity index (χ2n) is 4.92. The highest BCUT2D eigenvalue weighted by Gasteiger charge is 2.48. The first kappa shape index (κ1) is 11.4. The average Bonchev–Trinajstić information content (AvgIpc) is 2.08. The smallest absolute Gasteiger partial charge is 0.0813 e. The summed E-state index contributed by atoms with van der Waals surface area (Å²) in [5, 5.41) is 10.6. The maximum atomic E-state index is 10.6. The highest BCUT2D eigenvalue weighted by Crippen LogP contribution is 2.46. The summed E-state index contributed by atoms with van der Waals surface area (Å²) in [5.74, 6) is 2.52. The highest BCUT2D eigenvalue weighted by molar-refractivity contribution is 7.99. The van der Waals surface area contributed by atoms with Gasteiger partial charge in [-0.2, -0.15) is 11.8 Å². The van der Waals surface area contributed by atoms with Gasteiger partial charge in [0.1, 0.15) is 0 Å². The van der Waals surface area contributed by atoms with Crippen molar-refractivity contribution in [2.75, 3.05) is 11.5 Å². The lowest BCUT2D eigenvalue weighted by molar-refractivity contribution is -0.0933. The molecule has 1 heterocycles. The lowest BCUT2D eigenvalue weighted by Gasteiger charge is -2.49. The van der Waals surface area contributed by atoms with E-state index in [0.717, 1.165) is 18.6 Å². The fourth-order valence-corrected chi connectivity index (χ4v) is 3.90. The monoisotopic (exact) mass is 202 g/mol. The van der Waals surface area contributed by atoms with Gasteiger partial charge in [0.05, 0.1) is 5.60 Å². The quantitative estimate of drug-likeness (QED) is 0.743. The van der Waals surface area contributed by atoms with Crippen LogP contribution in [0.1, 0.15) is 40.5 Å². The van der Waals surface area contributed by atoms with Crippen LogP contribution in [-0.4, -0.2) is 22.2 Å². The zero-order valence-electron chi connectivity index (χ0n) is 9.26. The summed E-state index contributed by atoms with van der Waals surface area (Å²) in [6.07, 6.45) is 2.21. The van der Waals surface area contributed by atoms with Gasteiger partial charge >= 0.3 is 0 Å². The Labute approximate surface area is 86.3 Å². The van der Waals surface area contributed by atoms with Gasteiger partial charge in [-0.1, -0.05) is 34.1 Å². The minimum Gasteiger partial charge on any atom is -0.388 e. The van der Waals surface area contributed by atoms with Gasteiger partial charge in [0, 0.05) is 5.75 Å². The summed E-state index contributed by atoms with van der Waals surface area (Å²) in [5.41, 5.74) is -0.363. The van der Waals surface area contributed by atoms with E-state index in [4.69, 9.17) is 0 Å². The standard InChI is InChI=1S/C11H22OS/c1-5-9(2)11(12)8-13-7-6-10(11,3)4/h9,12H,5-8H2,1-4H3. The van der Waals surface area contributed by atoms with E-state index >= 15 is 0 Å². The molecule has 0 aliphatic carbocycles. The largest absolute Gasteiger partial charge is 0.388 e. The van der Waals surface area contributed by atoms with Gasteiger partial charge < -0.3 is 5.11 Å². The molecule has 2 heteroatoms. The minimum atomic E-state index is -0.454. The van der Waals surface area contributed by atoms with Gasteiger partial charge in [0.15, 0.2) is 0 Å². The van der Waals surface area contributed by atoms with Crippen LogP contribution in [0.5, 0.6) is 0 Å². The molecule has 1 rings (SSSR count). The van der Waals surface area contributed by atoms with E-state index in [2.05, 4.69) is 27.7 Å². The molecule has 0 saturated carbocycles. The number of hydrogen-bond donors (Lipinski definition) is 1. The van der Waals surface area contributed by atoms with Crippen molar-refractivity contribution in [3.8, 4) is 0 Å². The molecule has 1 N–H and O–H groups in total. The molecule has 1 aliphatic rings. The van der Waals surface area contributed by atoms with Gasteiger partial charge in [0.25, 0.3) is 0 Å². The van der Waals surface area contributed by atoms with Crippen LogP contribution in [0, 0.1) is 11.3 Å². The second kappa shape index (κ2) is 3.82. The van der Waals surface area contributed by atoms with Crippen LogP contribution in [0.2, 0.25) is 0 Å². The van der Waals surface area contributed by atoms with Crippen LogP contribution < -0.4 is 0 Å². The fourth-order valence-electron chi connectivity index (χ4n) is 2.11. The van der Waals surface area contributed by atoms with Gasteiger partial charge in [-0.05, 0) is 23.5 Å². The van der Waals surface area contributed by atoms with Crippen molar-refractivity contribution in [2.45, 2.75) is 46.1 Å². The molecular formula is C11H22OS. The van der Waals surface area contributed by atoms with Crippen molar-refractivity contribution in [1.82, 2.24) is 0 Å². The predicted molar refractivity (Wildman–Crippen MR) is 60.1 cm³/mol. The molecule has 1 aliphatic heterocycles. The number of rotatable bonds is 2. The maximum Gasteiger partial charge on any atom is 0.0813 e. The van der Waals surface area contributed by atoms with E-state index in [-0.39, 0.29) is 5.41 Å². The molecule has 2 atom stereocenters. The van der Waals surface area contributed by atoms with E-state index in [9.17, 15) is 5.11 Å². The topological polar surface area (TPSA) is 20.2 Å². The van der Waals surface area contributed by atoms with Crippen LogP contribution in [0.4, 0.5) is 0 Å². The molecular weight excluding hydrogens is 180 g/mol. The Balaban J connectivity index is 2.83. The summed E-state index contributed by atoms with van der Waals surface area (Å²) in [6.45, 7) is 8.75. The maximum absolute atomic E-state index is 10.6. The van der Waals surface area contributed by atoms with Gasteiger partial charge in [0.2, 0.25) is 0 Å². The van der Waals surface area contributed by atoms with Crippen molar-refractivity contribution >= 4 is 11.8 Å². The molecule has 0 aromatic rings. The fraction of sp³-hybridized carbons (Fsp3) is 1.00. The van der Waals surface area contributed by atoms with Crippen molar-refractivity contribution in [3.63, 3.8) is 0 Å². The molecule has 2 unspecified atom stereocenters. The van der Waals surface area contributed by atoms with Crippen molar-refractivity contribution in [3.05, 3.63) is 0 Å². The third-order valence-electron chi connectivity index (χ3n) is 3.79. The Bertz CT molecular complexity index is 179. The Morgan fingerprint density at radius 1 is 1.46 bits per heavy atom. The molecule has 1 fully saturated rings. The molecule has 0 aromatic carbocycles. The van der Waals surface area contributed by atoms with Crippen molar-refractivity contribution < 1.29 is 5.11 Å². The zero-order valence-corrected chi connectivity index (χ0v) is 10.1. The van der Waals surface area contributed by atoms with Gasteiger partial charge in [-0.15, -0.1) is 0 Å². The van der Waals surface area contributed by atoms with Crippen LogP contribution in [0.3, 0.4) is 0 Å². The van der Waals surface area contributed by atoms with Crippen LogP contribution in [0.25, 0.3) is 0 Å². The van der Waals surface area contributed by atoms with E-state index in [0.29, 0.717) is 5.92 Å². The molecule has 0 amide bonds. The van der Waals surface area contributed by atoms with Crippen molar-refractivity contribution in [1.29, 1.82) is 0 Å². The Hall–Kier alpha value is 0.310. The van der Waals surface area contributed by atoms with Crippen molar-refractivity contribution in [2.24, 2.45) is 11.3 Å². The van der Waals surface area contributed by atoms with E-state index in [1.165, 1.54) is 5.75 Å². The van der Waals surface area contributed by atoms with Crippen LogP contribution in [-0.2, 0) is 0 Å². The summed E-state index contributed by atoms with van der Waals surface area (Å²) < 4.78 is 0. The third-order valence-corrected chi connectivity index (χ3v) is 4.93. The first-order valence-electron chi connectivity index (χ1n) is 5.24. The number of thioether (sulfide) groups is 1. The summed E-state index contributed by atoms with van der Waals surface area (Å²) in [7, 11) is 0. The van der Waals surface area contributed by atoms with E-state index in [1.54, 1.807) is 0 Å². The molecule has 78 valence electrons. The normalized spacial score (nSPS) is 35.8. The SMILES string of the molecule is CCC(C)C1(O)CSCCC1(C)C. The number of aliphatic hydroxyl groups is 1. The predicted octanol–water partition coefficient (Wildman–Crippen LogP) is 2.93.